The van der Waals surface area contributed by atoms with Gasteiger partial charge >= 0.3 is 0 Å². The van der Waals surface area contributed by atoms with Crippen LogP contribution in [0.2, 0.25) is 0 Å². The van der Waals surface area contributed by atoms with E-state index in [2.05, 4.69) is 5.32 Å². The van der Waals surface area contributed by atoms with Crippen molar-refractivity contribution in [1.82, 2.24) is 9.88 Å². The highest BCUT2D eigenvalue weighted by Gasteiger charge is 2.19. The van der Waals surface area contributed by atoms with Crippen LogP contribution >= 0.6 is 0 Å². The van der Waals surface area contributed by atoms with Crippen LogP contribution in [0.1, 0.15) is 33.1 Å². The van der Waals surface area contributed by atoms with Crippen LogP contribution in [0.4, 0.5) is 0 Å². The Balaban J connectivity index is 2.37. The molecule has 0 spiro atoms. The SMILES string of the molecule is CCCC(C)(O)CNC(=O)CCn1ccccc1=O. The molecule has 0 bridgehead atoms. The molecule has 19 heavy (non-hydrogen) atoms. The Morgan fingerprint density at radius 3 is 2.84 bits per heavy atom. The summed E-state index contributed by atoms with van der Waals surface area (Å²) >= 11 is 0. The van der Waals surface area contributed by atoms with Crippen LogP contribution in [-0.4, -0.2) is 27.7 Å². The lowest BCUT2D eigenvalue weighted by atomic mass is 10.0. The third-order valence-corrected chi connectivity index (χ3v) is 2.93. The van der Waals surface area contributed by atoms with Crippen molar-refractivity contribution in [3.8, 4) is 0 Å². The Bertz CT molecular complexity index is 466. The first-order valence-corrected chi connectivity index (χ1v) is 6.59. The van der Waals surface area contributed by atoms with Crippen LogP contribution in [-0.2, 0) is 11.3 Å². The maximum absolute atomic E-state index is 11.6. The van der Waals surface area contributed by atoms with Gasteiger partial charge in [-0.25, -0.2) is 0 Å². The van der Waals surface area contributed by atoms with Crippen LogP contribution in [0.25, 0.3) is 0 Å². The standard InChI is InChI=1S/C14H22N2O3/c1-3-8-14(2,19)11-15-12(17)7-10-16-9-5-4-6-13(16)18/h4-6,9,19H,3,7-8,10-11H2,1-2H3,(H,15,17). The predicted octanol–water partition coefficient (Wildman–Crippen LogP) is 0.906. The Hall–Kier alpha value is -1.62. The molecular weight excluding hydrogens is 244 g/mol. The second kappa shape index (κ2) is 7.09. The monoisotopic (exact) mass is 266 g/mol. The highest BCUT2D eigenvalue weighted by molar-refractivity contribution is 5.75. The van der Waals surface area contributed by atoms with Crippen LogP contribution in [0.15, 0.2) is 29.2 Å². The van der Waals surface area contributed by atoms with Crippen molar-refractivity contribution in [3.05, 3.63) is 34.7 Å². The number of pyridine rings is 1. The fraction of sp³-hybridized carbons (Fsp3) is 0.571. The van der Waals surface area contributed by atoms with Crippen molar-refractivity contribution in [2.24, 2.45) is 0 Å². The molecule has 0 saturated carbocycles. The summed E-state index contributed by atoms with van der Waals surface area (Å²) in [4.78, 5) is 23.1. The van der Waals surface area contributed by atoms with Gasteiger partial charge < -0.3 is 15.0 Å². The lowest BCUT2D eigenvalue weighted by Gasteiger charge is -2.22. The molecule has 0 aliphatic rings. The van der Waals surface area contributed by atoms with Gasteiger partial charge in [-0.3, -0.25) is 9.59 Å². The van der Waals surface area contributed by atoms with Gasteiger partial charge in [0.25, 0.3) is 5.56 Å². The van der Waals surface area contributed by atoms with Crippen LogP contribution in [0.3, 0.4) is 0 Å². The second-order valence-electron chi connectivity index (χ2n) is 5.01. The summed E-state index contributed by atoms with van der Waals surface area (Å²) in [6.07, 6.45) is 3.39. The molecule has 0 aliphatic heterocycles. The van der Waals surface area contributed by atoms with Gasteiger partial charge in [0, 0.05) is 31.8 Å². The number of aromatic nitrogens is 1. The van der Waals surface area contributed by atoms with E-state index in [1.54, 1.807) is 25.3 Å². The van der Waals surface area contributed by atoms with Gasteiger partial charge in [-0.2, -0.15) is 0 Å². The molecule has 5 heteroatoms. The van der Waals surface area contributed by atoms with E-state index < -0.39 is 5.60 Å². The molecule has 5 nitrogen and oxygen atoms in total. The topological polar surface area (TPSA) is 71.3 Å². The normalized spacial score (nSPS) is 13.8. The van der Waals surface area contributed by atoms with Crippen LogP contribution in [0, 0.1) is 0 Å². The average molecular weight is 266 g/mol. The highest BCUT2D eigenvalue weighted by Crippen LogP contribution is 2.09. The van der Waals surface area contributed by atoms with E-state index >= 15 is 0 Å². The van der Waals surface area contributed by atoms with E-state index in [1.807, 2.05) is 6.92 Å². The van der Waals surface area contributed by atoms with E-state index in [-0.39, 0.29) is 24.4 Å². The number of nitrogens with one attached hydrogen (secondary N) is 1. The summed E-state index contributed by atoms with van der Waals surface area (Å²) in [6.45, 7) is 4.28. The second-order valence-corrected chi connectivity index (χ2v) is 5.01. The molecule has 0 saturated heterocycles. The lowest BCUT2D eigenvalue weighted by Crippen LogP contribution is -2.40. The number of aliphatic hydroxyl groups is 1. The Labute approximate surface area is 113 Å². The molecule has 0 aromatic carbocycles. The minimum absolute atomic E-state index is 0.117. The first kappa shape index (κ1) is 15.4. The lowest BCUT2D eigenvalue weighted by molar-refractivity contribution is -0.122. The minimum Gasteiger partial charge on any atom is -0.388 e. The summed E-state index contributed by atoms with van der Waals surface area (Å²) in [5, 5.41) is 12.6. The highest BCUT2D eigenvalue weighted by atomic mass is 16.3. The number of aryl methyl sites for hydroxylation is 1. The Morgan fingerprint density at radius 1 is 1.47 bits per heavy atom. The predicted molar refractivity (Wildman–Crippen MR) is 73.9 cm³/mol. The molecular formula is C14H22N2O3. The van der Waals surface area contributed by atoms with E-state index in [9.17, 15) is 14.7 Å². The molecule has 0 aliphatic carbocycles. The fourth-order valence-corrected chi connectivity index (χ4v) is 1.87. The summed E-state index contributed by atoms with van der Waals surface area (Å²) < 4.78 is 1.49. The van der Waals surface area contributed by atoms with Crippen molar-refractivity contribution >= 4 is 5.91 Å². The molecule has 1 rings (SSSR count). The van der Waals surface area contributed by atoms with E-state index in [0.29, 0.717) is 13.0 Å². The first-order chi connectivity index (χ1) is 8.94. The van der Waals surface area contributed by atoms with Crippen LogP contribution < -0.4 is 10.9 Å². The van der Waals surface area contributed by atoms with Crippen LogP contribution in [0.5, 0.6) is 0 Å². The molecule has 1 aromatic rings. The summed E-state index contributed by atoms with van der Waals surface area (Å²) in [5.74, 6) is -0.160. The van der Waals surface area contributed by atoms with Gasteiger partial charge in [0.05, 0.1) is 5.60 Å². The van der Waals surface area contributed by atoms with Gasteiger partial charge in [0.15, 0.2) is 0 Å². The number of carbonyl (C=O) groups is 1. The maximum atomic E-state index is 11.6. The maximum Gasteiger partial charge on any atom is 0.250 e. The quantitative estimate of drug-likeness (QED) is 0.770. The number of hydrogen-bond donors (Lipinski definition) is 2. The minimum atomic E-state index is -0.867. The van der Waals surface area contributed by atoms with Gasteiger partial charge in [-0.15, -0.1) is 0 Å². The molecule has 1 amide bonds. The molecule has 2 N–H and O–H groups in total. The Morgan fingerprint density at radius 2 is 2.21 bits per heavy atom. The average Bonchev–Trinajstić information content (AvgIpc) is 2.35. The largest absolute Gasteiger partial charge is 0.388 e. The van der Waals surface area contributed by atoms with E-state index in [4.69, 9.17) is 0 Å². The summed E-state index contributed by atoms with van der Waals surface area (Å²) in [6, 6.07) is 4.89. The zero-order chi connectivity index (χ0) is 14.3. The number of amides is 1. The van der Waals surface area contributed by atoms with E-state index in [0.717, 1.165) is 6.42 Å². The number of hydrogen-bond acceptors (Lipinski definition) is 3. The number of nitrogens with zero attached hydrogens (tertiary/aromatic N) is 1. The zero-order valence-electron chi connectivity index (χ0n) is 11.6. The zero-order valence-corrected chi connectivity index (χ0v) is 11.6. The fourth-order valence-electron chi connectivity index (χ4n) is 1.87. The Kier molecular flexibility index (Phi) is 5.76. The van der Waals surface area contributed by atoms with Gasteiger partial charge in [0.2, 0.25) is 5.91 Å². The van der Waals surface area contributed by atoms with Gasteiger partial charge in [-0.05, 0) is 19.4 Å². The number of carbonyl (C=O) groups excluding carboxylic acids is 1. The summed E-state index contributed by atoms with van der Waals surface area (Å²) in [7, 11) is 0. The van der Waals surface area contributed by atoms with Gasteiger partial charge in [-0.1, -0.05) is 19.4 Å². The van der Waals surface area contributed by atoms with Crippen molar-refractivity contribution in [2.75, 3.05) is 6.54 Å². The van der Waals surface area contributed by atoms with E-state index in [1.165, 1.54) is 10.6 Å². The third kappa shape index (κ3) is 5.70. The summed E-state index contributed by atoms with van der Waals surface area (Å²) in [5.41, 5.74) is -0.984. The molecule has 1 aromatic heterocycles. The van der Waals surface area contributed by atoms with Gasteiger partial charge in [0.1, 0.15) is 0 Å². The molecule has 1 heterocycles. The third-order valence-electron chi connectivity index (χ3n) is 2.93. The van der Waals surface area contributed by atoms with Crippen molar-refractivity contribution in [3.63, 3.8) is 0 Å². The van der Waals surface area contributed by atoms with Crippen molar-refractivity contribution in [2.45, 2.75) is 45.3 Å². The van der Waals surface area contributed by atoms with Crippen molar-refractivity contribution < 1.29 is 9.90 Å². The first-order valence-electron chi connectivity index (χ1n) is 6.59. The molecule has 0 fully saturated rings. The number of rotatable bonds is 7. The molecule has 0 radical (unpaired) electrons. The molecule has 106 valence electrons. The van der Waals surface area contributed by atoms with Crippen molar-refractivity contribution in [1.29, 1.82) is 0 Å². The molecule has 1 unspecified atom stereocenters. The smallest absolute Gasteiger partial charge is 0.250 e. The molecule has 1 atom stereocenters.